The summed E-state index contributed by atoms with van der Waals surface area (Å²) in [5, 5.41) is 10.1. The van der Waals surface area contributed by atoms with Gasteiger partial charge in [0.2, 0.25) is 0 Å². The molecule has 2 aliphatic rings. The number of rotatable bonds is 3. The molecule has 2 fully saturated rings. The van der Waals surface area contributed by atoms with E-state index in [1.807, 2.05) is 13.0 Å². The summed E-state index contributed by atoms with van der Waals surface area (Å²) in [6.45, 7) is 2.51. The Morgan fingerprint density at radius 2 is 2.05 bits per heavy atom. The molecule has 4 nitrogen and oxygen atoms in total. The number of nitrogens with zero attached hydrogens (tertiary/aromatic N) is 1. The number of aliphatic hydroxyl groups is 1. The van der Waals surface area contributed by atoms with Gasteiger partial charge in [0.25, 0.3) is 10.0 Å². The van der Waals surface area contributed by atoms with Crippen molar-refractivity contribution < 1.29 is 13.5 Å². The molecule has 0 radical (unpaired) electrons. The zero-order valence-electron chi connectivity index (χ0n) is 11.7. The van der Waals surface area contributed by atoms with Crippen molar-refractivity contribution in [3.05, 3.63) is 17.0 Å². The monoisotopic (exact) mass is 315 g/mol. The summed E-state index contributed by atoms with van der Waals surface area (Å²) < 4.78 is 27.6. The first-order chi connectivity index (χ1) is 9.50. The van der Waals surface area contributed by atoms with E-state index in [4.69, 9.17) is 0 Å². The Hall–Kier alpha value is -0.430. The molecule has 0 amide bonds. The maximum Gasteiger partial charge on any atom is 0.252 e. The van der Waals surface area contributed by atoms with Crippen LogP contribution in [0.15, 0.2) is 16.3 Å². The molecule has 3 atom stereocenters. The Bertz CT molecular complexity index is 581. The van der Waals surface area contributed by atoms with Crippen molar-refractivity contribution in [2.45, 2.75) is 55.4 Å². The van der Waals surface area contributed by atoms with Crippen molar-refractivity contribution in [3.8, 4) is 0 Å². The molecule has 1 aromatic rings. The molecule has 1 N–H and O–H groups in total. The topological polar surface area (TPSA) is 57.6 Å². The van der Waals surface area contributed by atoms with E-state index in [0.29, 0.717) is 10.8 Å². The second-order valence-corrected chi connectivity index (χ2v) is 9.26. The second kappa shape index (κ2) is 5.40. The second-order valence-electron chi connectivity index (χ2n) is 5.85. The third kappa shape index (κ3) is 2.43. The summed E-state index contributed by atoms with van der Waals surface area (Å²) in [4.78, 5) is 1.01. The zero-order chi connectivity index (χ0) is 14.3. The summed E-state index contributed by atoms with van der Waals surface area (Å²) in [5.74, 6) is 0.119. The van der Waals surface area contributed by atoms with E-state index >= 15 is 0 Å². The average Bonchev–Trinajstić information content (AvgIpc) is 3.07. The molecule has 1 aliphatic heterocycles. The van der Waals surface area contributed by atoms with Gasteiger partial charge in [-0.2, -0.15) is 4.31 Å². The van der Waals surface area contributed by atoms with Crippen molar-refractivity contribution in [2.24, 2.45) is 5.92 Å². The highest BCUT2D eigenvalue weighted by atomic mass is 32.2. The molecule has 0 spiro atoms. The predicted octanol–water partition coefficient (Wildman–Crippen LogP) is 2.37. The minimum Gasteiger partial charge on any atom is -0.393 e. The molecular weight excluding hydrogens is 294 g/mol. The SMILES string of the molecule is Cc1ccc(S(=O)(=O)N2CCCC2C2CCCC2O)s1. The molecule has 6 heteroatoms. The van der Waals surface area contributed by atoms with Gasteiger partial charge in [0.1, 0.15) is 4.21 Å². The number of hydrogen-bond acceptors (Lipinski definition) is 4. The minimum atomic E-state index is -3.39. The molecule has 0 aromatic carbocycles. The van der Waals surface area contributed by atoms with Crippen LogP contribution in [-0.4, -0.2) is 36.5 Å². The fourth-order valence-electron chi connectivity index (χ4n) is 3.58. The lowest BCUT2D eigenvalue weighted by molar-refractivity contribution is 0.0975. The standard InChI is InChI=1S/C14H21NO3S2/c1-10-7-8-14(19-10)20(17,18)15-9-3-5-12(15)11-4-2-6-13(11)16/h7-8,11-13,16H,2-6,9H2,1H3. The molecule has 1 saturated heterocycles. The molecule has 112 valence electrons. The van der Waals surface area contributed by atoms with Crippen molar-refractivity contribution in [2.75, 3.05) is 6.54 Å². The van der Waals surface area contributed by atoms with E-state index in [0.717, 1.165) is 37.0 Å². The minimum absolute atomic E-state index is 0.0140. The number of sulfonamides is 1. The Balaban J connectivity index is 1.88. The fraction of sp³-hybridized carbons (Fsp3) is 0.714. The lowest BCUT2D eigenvalue weighted by atomic mass is 9.95. The Labute approximate surface area is 124 Å². The first kappa shape index (κ1) is 14.5. The van der Waals surface area contributed by atoms with Gasteiger partial charge in [0.15, 0.2) is 0 Å². The Morgan fingerprint density at radius 1 is 1.25 bits per heavy atom. The highest BCUT2D eigenvalue weighted by molar-refractivity contribution is 7.91. The van der Waals surface area contributed by atoms with Gasteiger partial charge >= 0.3 is 0 Å². The van der Waals surface area contributed by atoms with Gasteiger partial charge in [-0.05, 0) is 44.7 Å². The van der Waals surface area contributed by atoms with E-state index in [-0.39, 0.29) is 18.1 Å². The van der Waals surface area contributed by atoms with Crippen molar-refractivity contribution in [1.82, 2.24) is 4.31 Å². The number of aliphatic hydroxyl groups excluding tert-OH is 1. The van der Waals surface area contributed by atoms with E-state index < -0.39 is 10.0 Å². The first-order valence-corrected chi connectivity index (χ1v) is 9.52. The summed E-state index contributed by atoms with van der Waals surface area (Å²) in [6, 6.07) is 3.54. The Morgan fingerprint density at radius 3 is 2.65 bits per heavy atom. The molecule has 1 aliphatic carbocycles. The molecule has 1 saturated carbocycles. The highest BCUT2D eigenvalue weighted by Gasteiger charge is 2.43. The maximum atomic E-state index is 12.8. The van der Waals surface area contributed by atoms with Gasteiger partial charge in [0, 0.05) is 23.4 Å². The van der Waals surface area contributed by atoms with Crippen LogP contribution in [0.5, 0.6) is 0 Å². The summed E-state index contributed by atoms with van der Waals surface area (Å²) >= 11 is 1.33. The average molecular weight is 315 g/mol. The van der Waals surface area contributed by atoms with Crippen LogP contribution < -0.4 is 0 Å². The normalized spacial score (nSPS) is 32.0. The maximum absolute atomic E-state index is 12.8. The summed E-state index contributed by atoms with van der Waals surface area (Å²) in [7, 11) is -3.39. The molecule has 1 aromatic heterocycles. The predicted molar refractivity (Wildman–Crippen MR) is 79.3 cm³/mol. The van der Waals surface area contributed by atoms with Crippen molar-refractivity contribution >= 4 is 21.4 Å². The molecule has 3 unspecified atom stereocenters. The number of thiophene rings is 1. The van der Waals surface area contributed by atoms with E-state index in [2.05, 4.69) is 0 Å². The highest BCUT2D eigenvalue weighted by Crippen LogP contribution is 2.39. The lowest BCUT2D eigenvalue weighted by Crippen LogP contribution is -2.42. The zero-order valence-corrected chi connectivity index (χ0v) is 13.3. The van der Waals surface area contributed by atoms with Crippen LogP contribution >= 0.6 is 11.3 Å². The third-order valence-electron chi connectivity index (χ3n) is 4.55. The van der Waals surface area contributed by atoms with Crippen LogP contribution in [0.3, 0.4) is 0 Å². The largest absolute Gasteiger partial charge is 0.393 e. The Kier molecular flexibility index (Phi) is 3.92. The van der Waals surface area contributed by atoms with Crippen LogP contribution in [0, 0.1) is 12.8 Å². The molecule has 0 bridgehead atoms. The van der Waals surface area contributed by atoms with Crippen LogP contribution in [0.4, 0.5) is 0 Å². The van der Waals surface area contributed by atoms with Gasteiger partial charge in [0.05, 0.1) is 6.10 Å². The number of aryl methyl sites for hydroxylation is 1. The van der Waals surface area contributed by atoms with E-state index in [9.17, 15) is 13.5 Å². The van der Waals surface area contributed by atoms with Crippen LogP contribution in [-0.2, 0) is 10.0 Å². The van der Waals surface area contributed by atoms with Gasteiger partial charge in [-0.15, -0.1) is 11.3 Å². The fourth-order valence-corrected chi connectivity index (χ4v) is 6.73. The van der Waals surface area contributed by atoms with Crippen LogP contribution in [0.1, 0.15) is 37.0 Å². The van der Waals surface area contributed by atoms with Gasteiger partial charge < -0.3 is 5.11 Å². The molecule has 2 heterocycles. The van der Waals surface area contributed by atoms with Gasteiger partial charge in [-0.25, -0.2) is 8.42 Å². The van der Waals surface area contributed by atoms with Gasteiger partial charge in [-0.1, -0.05) is 6.42 Å². The van der Waals surface area contributed by atoms with Crippen molar-refractivity contribution in [1.29, 1.82) is 0 Å². The first-order valence-electron chi connectivity index (χ1n) is 7.26. The lowest BCUT2D eigenvalue weighted by Gasteiger charge is -2.30. The summed E-state index contributed by atoms with van der Waals surface area (Å²) in [5.41, 5.74) is 0. The quantitative estimate of drug-likeness (QED) is 0.931. The molecule has 20 heavy (non-hydrogen) atoms. The van der Waals surface area contributed by atoms with E-state index in [1.165, 1.54) is 11.3 Å². The molecular formula is C14H21NO3S2. The van der Waals surface area contributed by atoms with Crippen molar-refractivity contribution in [3.63, 3.8) is 0 Å². The van der Waals surface area contributed by atoms with E-state index in [1.54, 1.807) is 10.4 Å². The smallest absolute Gasteiger partial charge is 0.252 e. The number of hydrogen-bond donors (Lipinski definition) is 1. The summed E-state index contributed by atoms with van der Waals surface area (Å²) in [6.07, 6.45) is 4.21. The van der Waals surface area contributed by atoms with Crippen LogP contribution in [0.25, 0.3) is 0 Å². The van der Waals surface area contributed by atoms with Crippen LogP contribution in [0.2, 0.25) is 0 Å². The molecule has 3 rings (SSSR count). The third-order valence-corrected chi connectivity index (χ3v) is 7.95. The van der Waals surface area contributed by atoms with Gasteiger partial charge in [-0.3, -0.25) is 0 Å².